The van der Waals surface area contributed by atoms with Gasteiger partial charge in [0, 0.05) is 0 Å². The fraction of sp³-hybridized carbons (Fsp3) is 0.833. The van der Waals surface area contributed by atoms with E-state index in [1.54, 1.807) is 0 Å². The van der Waals surface area contributed by atoms with Crippen LogP contribution in [-0.2, 0) is 4.79 Å². The molecule has 2 nitrogen and oxygen atoms in total. The average Bonchev–Trinajstić information content (AvgIpc) is 1.82. The molecule has 0 fully saturated rings. The summed E-state index contributed by atoms with van der Waals surface area (Å²) in [6.45, 7) is 2.05. The van der Waals surface area contributed by atoms with Gasteiger partial charge in [-0.05, 0) is 12.7 Å². The van der Waals surface area contributed by atoms with Crippen molar-refractivity contribution in [2.45, 2.75) is 25.0 Å². The highest BCUT2D eigenvalue weighted by molar-refractivity contribution is 7.99. The van der Waals surface area contributed by atoms with Gasteiger partial charge in [-0.2, -0.15) is 11.8 Å². The minimum absolute atomic E-state index is 0.0231. The van der Waals surface area contributed by atoms with Gasteiger partial charge in [0.1, 0.15) is 0 Å². The van der Waals surface area contributed by atoms with Crippen molar-refractivity contribution in [2.75, 3.05) is 6.26 Å². The Morgan fingerprint density at radius 1 is 1.78 bits per heavy atom. The first-order chi connectivity index (χ1) is 4.22. The third kappa shape index (κ3) is 3.40. The monoisotopic (exact) mass is 147 g/mol. The lowest BCUT2D eigenvalue weighted by atomic mass is 10.2. The lowest BCUT2D eigenvalue weighted by molar-refractivity contribution is -0.117. The molecule has 0 aromatic carbocycles. The zero-order valence-electron chi connectivity index (χ0n) is 5.89. The second-order valence-electron chi connectivity index (χ2n) is 1.92. The summed E-state index contributed by atoms with van der Waals surface area (Å²) in [5, 5.41) is 0.0231. The molecule has 3 heteroatoms. The summed E-state index contributed by atoms with van der Waals surface area (Å²) in [7, 11) is 0. The second kappa shape index (κ2) is 4.68. The molecule has 0 heterocycles. The SMILES string of the molecule is CCCC(SC)C(N)=O. The maximum Gasteiger partial charge on any atom is 0.230 e. The Morgan fingerprint density at radius 3 is 2.44 bits per heavy atom. The Bertz CT molecular complexity index is 95.1. The topological polar surface area (TPSA) is 43.1 Å². The van der Waals surface area contributed by atoms with E-state index in [0.717, 1.165) is 12.8 Å². The van der Waals surface area contributed by atoms with E-state index in [2.05, 4.69) is 0 Å². The third-order valence-corrected chi connectivity index (χ3v) is 2.19. The predicted octanol–water partition coefficient (Wildman–Crippen LogP) is 1.00. The van der Waals surface area contributed by atoms with Crippen molar-refractivity contribution < 1.29 is 4.79 Å². The van der Waals surface area contributed by atoms with Crippen LogP contribution in [0, 0.1) is 0 Å². The van der Waals surface area contributed by atoms with Gasteiger partial charge < -0.3 is 5.73 Å². The lowest BCUT2D eigenvalue weighted by Gasteiger charge is -2.06. The van der Waals surface area contributed by atoms with E-state index in [9.17, 15) is 4.79 Å². The maximum atomic E-state index is 10.5. The second-order valence-corrected chi connectivity index (χ2v) is 2.96. The smallest absolute Gasteiger partial charge is 0.230 e. The van der Waals surface area contributed by atoms with Gasteiger partial charge in [-0.25, -0.2) is 0 Å². The summed E-state index contributed by atoms with van der Waals surface area (Å²) < 4.78 is 0. The molecule has 1 unspecified atom stereocenters. The summed E-state index contributed by atoms with van der Waals surface area (Å²) in [6.07, 6.45) is 3.83. The Labute approximate surface area is 60.2 Å². The predicted molar refractivity (Wildman–Crippen MR) is 41.4 cm³/mol. The Kier molecular flexibility index (Phi) is 4.58. The Morgan fingerprint density at radius 2 is 2.33 bits per heavy atom. The van der Waals surface area contributed by atoms with Crippen LogP contribution in [0.4, 0.5) is 0 Å². The lowest BCUT2D eigenvalue weighted by Crippen LogP contribution is -2.25. The molecule has 0 aromatic heterocycles. The molecular formula is C6H13NOS. The number of nitrogens with two attached hydrogens (primary N) is 1. The van der Waals surface area contributed by atoms with Gasteiger partial charge >= 0.3 is 0 Å². The van der Waals surface area contributed by atoms with Crippen molar-refractivity contribution in [3.63, 3.8) is 0 Å². The molecule has 0 aromatic rings. The number of primary amides is 1. The van der Waals surface area contributed by atoms with Gasteiger partial charge in [0.05, 0.1) is 5.25 Å². The van der Waals surface area contributed by atoms with Crippen LogP contribution in [-0.4, -0.2) is 17.4 Å². The number of rotatable bonds is 4. The van der Waals surface area contributed by atoms with Gasteiger partial charge in [-0.1, -0.05) is 13.3 Å². The van der Waals surface area contributed by atoms with E-state index in [1.807, 2.05) is 13.2 Å². The van der Waals surface area contributed by atoms with Crippen molar-refractivity contribution in [1.82, 2.24) is 0 Å². The van der Waals surface area contributed by atoms with Crippen molar-refractivity contribution >= 4 is 17.7 Å². The molecule has 1 atom stereocenters. The fourth-order valence-electron chi connectivity index (χ4n) is 0.638. The first-order valence-electron chi connectivity index (χ1n) is 3.04. The molecule has 1 amide bonds. The van der Waals surface area contributed by atoms with Crippen LogP contribution < -0.4 is 5.73 Å². The molecular weight excluding hydrogens is 134 g/mol. The molecule has 0 bridgehead atoms. The Hall–Kier alpha value is -0.180. The van der Waals surface area contributed by atoms with E-state index >= 15 is 0 Å². The van der Waals surface area contributed by atoms with Crippen molar-refractivity contribution in [3.05, 3.63) is 0 Å². The minimum atomic E-state index is -0.190. The molecule has 0 aliphatic rings. The van der Waals surface area contributed by atoms with Crippen molar-refractivity contribution in [3.8, 4) is 0 Å². The van der Waals surface area contributed by atoms with Crippen LogP contribution in [0.3, 0.4) is 0 Å². The molecule has 0 spiro atoms. The summed E-state index contributed by atoms with van der Waals surface area (Å²) in [5.74, 6) is -0.190. The number of carbonyl (C=O) groups is 1. The van der Waals surface area contributed by atoms with Crippen molar-refractivity contribution in [1.29, 1.82) is 0 Å². The maximum absolute atomic E-state index is 10.5. The standard InChI is InChI=1S/C6H13NOS/c1-3-4-5(9-2)6(7)8/h5H,3-4H2,1-2H3,(H2,7,8). The van der Waals surface area contributed by atoms with Crippen LogP contribution in [0.2, 0.25) is 0 Å². The molecule has 0 saturated heterocycles. The molecule has 9 heavy (non-hydrogen) atoms. The van der Waals surface area contributed by atoms with Gasteiger partial charge in [0.2, 0.25) is 5.91 Å². The van der Waals surface area contributed by atoms with Crippen molar-refractivity contribution in [2.24, 2.45) is 5.73 Å². The zero-order chi connectivity index (χ0) is 7.28. The first-order valence-corrected chi connectivity index (χ1v) is 4.33. The normalized spacial score (nSPS) is 13.1. The van der Waals surface area contributed by atoms with Crippen LogP contribution >= 0.6 is 11.8 Å². The van der Waals surface area contributed by atoms with Crippen LogP contribution in [0.1, 0.15) is 19.8 Å². The third-order valence-electron chi connectivity index (χ3n) is 1.15. The molecule has 0 aliphatic carbocycles. The first kappa shape index (κ1) is 8.82. The molecule has 2 N–H and O–H groups in total. The highest BCUT2D eigenvalue weighted by atomic mass is 32.2. The highest BCUT2D eigenvalue weighted by Gasteiger charge is 2.10. The summed E-state index contributed by atoms with van der Waals surface area (Å²) in [4.78, 5) is 10.5. The van der Waals surface area contributed by atoms with E-state index in [-0.39, 0.29) is 11.2 Å². The van der Waals surface area contributed by atoms with Gasteiger partial charge in [0.15, 0.2) is 0 Å². The van der Waals surface area contributed by atoms with E-state index in [1.165, 1.54) is 11.8 Å². The number of hydrogen-bond donors (Lipinski definition) is 1. The Balaban J connectivity index is 3.54. The van der Waals surface area contributed by atoms with Gasteiger partial charge in [-0.3, -0.25) is 4.79 Å². The molecule has 54 valence electrons. The van der Waals surface area contributed by atoms with E-state index in [0.29, 0.717) is 0 Å². The minimum Gasteiger partial charge on any atom is -0.369 e. The fourth-order valence-corrected chi connectivity index (χ4v) is 1.34. The highest BCUT2D eigenvalue weighted by Crippen LogP contribution is 2.11. The van der Waals surface area contributed by atoms with Gasteiger partial charge in [-0.15, -0.1) is 0 Å². The largest absolute Gasteiger partial charge is 0.369 e. The summed E-state index contributed by atoms with van der Waals surface area (Å²) in [6, 6.07) is 0. The molecule has 0 rings (SSSR count). The number of amides is 1. The van der Waals surface area contributed by atoms with Gasteiger partial charge in [0.25, 0.3) is 0 Å². The van der Waals surface area contributed by atoms with Crippen LogP contribution in [0.5, 0.6) is 0 Å². The number of hydrogen-bond acceptors (Lipinski definition) is 2. The summed E-state index contributed by atoms with van der Waals surface area (Å²) >= 11 is 1.53. The van der Waals surface area contributed by atoms with E-state index in [4.69, 9.17) is 5.73 Å². The summed E-state index contributed by atoms with van der Waals surface area (Å²) in [5.41, 5.74) is 5.07. The molecule has 0 saturated carbocycles. The average molecular weight is 147 g/mol. The number of thioether (sulfide) groups is 1. The van der Waals surface area contributed by atoms with Crippen LogP contribution in [0.15, 0.2) is 0 Å². The quantitative estimate of drug-likeness (QED) is 0.644. The number of carbonyl (C=O) groups excluding carboxylic acids is 1. The molecule has 0 aliphatic heterocycles. The van der Waals surface area contributed by atoms with Crippen LogP contribution in [0.25, 0.3) is 0 Å². The molecule has 0 radical (unpaired) electrons. The zero-order valence-corrected chi connectivity index (χ0v) is 6.70. The van der Waals surface area contributed by atoms with E-state index < -0.39 is 0 Å².